The van der Waals surface area contributed by atoms with Crippen LogP contribution >= 0.6 is 0 Å². The molecule has 7 nitrogen and oxygen atoms in total. The predicted molar refractivity (Wildman–Crippen MR) is 102 cm³/mol. The van der Waals surface area contributed by atoms with Crippen molar-refractivity contribution < 1.29 is 5.11 Å². The van der Waals surface area contributed by atoms with E-state index in [4.69, 9.17) is 10.7 Å². The summed E-state index contributed by atoms with van der Waals surface area (Å²) in [5, 5.41) is 12.8. The van der Waals surface area contributed by atoms with Gasteiger partial charge in [0, 0.05) is 31.5 Å². The van der Waals surface area contributed by atoms with Crippen LogP contribution in [0.4, 0.5) is 11.8 Å². The Labute approximate surface area is 152 Å². The van der Waals surface area contributed by atoms with Gasteiger partial charge < -0.3 is 20.7 Å². The summed E-state index contributed by atoms with van der Waals surface area (Å²) in [6.45, 7) is 3.74. The number of nitrogens with zero attached hydrogens (tertiary/aromatic N) is 4. The second-order valence-electron chi connectivity index (χ2n) is 6.80. The Morgan fingerprint density at radius 3 is 2.81 bits per heavy atom. The zero-order chi connectivity index (χ0) is 18.1. The van der Waals surface area contributed by atoms with Gasteiger partial charge in [-0.25, -0.2) is 9.97 Å². The largest absolute Gasteiger partial charge is 0.393 e. The fraction of sp³-hybridized carbons (Fsp3) is 0.421. The molecule has 0 atom stereocenters. The van der Waals surface area contributed by atoms with Gasteiger partial charge in [0.05, 0.1) is 22.8 Å². The fourth-order valence-electron chi connectivity index (χ4n) is 3.59. The number of aliphatic hydroxyl groups excluding tert-OH is 1. The van der Waals surface area contributed by atoms with Gasteiger partial charge in [0.2, 0.25) is 5.95 Å². The highest BCUT2D eigenvalue weighted by atomic mass is 16.3. The van der Waals surface area contributed by atoms with E-state index in [2.05, 4.69) is 32.8 Å². The van der Waals surface area contributed by atoms with Gasteiger partial charge in [-0.15, -0.1) is 0 Å². The molecule has 0 saturated heterocycles. The Balaban J connectivity index is 1.45. The van der Waals surface area contributed by atoms with Gasteiger partial charge in [-0.05, 0) is 31.9 Å². The third-order valence-corrected chi connectivity index (χ3v) is 5.00. The van der Waals surface area contributed by atoms with E-state index >= 15 is 0 Å². The smallest absolute Gasteiger partial charge is 0.222 e. The van der Waals surface area contributed by atoms with Crippen LogP contribution in [0.1, 0.15) is 37.2 Å². The van der Waals surface area contributed by atoms with E-state index in [1.807, 2.05) is 24.3 Å². The lowest BCUT2D eigenvalue weighted by Gasteiger charge is -2.30. The predicted octanol–water partition coefficient (Wildman–Crippen LogP) is 2.32. The summed E-state index contributed by atoms with van der Waals surface area (Å²) in [5.74, 6) is 2.34. The standard InChI is InChI=1S/C19H24N6O/c1-2-25-16-6-4-3-5-14(16)22-18(25)7-8-21-17-11-15(23-19(20)24-17)12-9-13(26)10-12/h3-6,11-13,26H,2,7-10H2,1H3,(H3,20,21,23,24). The summed E-state index contributed by atoms with van der Waals surface area (Å²) in [7, 11) is 0. The summed E-state index contributed by atoms with van der Waals surface area (Å²) < 4.78 is 2.24. The number of fused-ring (bicyclic) bond motifs is 1. The zero-order valence-electron chi connectivity index (χ0n) is 14.9. The number of rotatable bonds is 6. The number of nitrogen functional groups attached to an aromatic ring is 1. The van der Waals surface area contributed by atoms with Gasteiger partial charge >= 0.3 is 0 Å². The second-order valence-corrected chi connectivity index (χ2v) is 6.80. The van der Waals surface area contributed by atoms with Crippen LogP contribution in [0.3, 0.4) is 0 Å². The molecule has 4 N–H and O–H groups in total. The van der Waals surface area contributed by atoms with Gasteiger partial charge in [0.25, 0.3) is 0 Å². The summed E-state index contributed by atoms with van der Waals surface area (Å²) in [5.41, 5.74) is 8.96. The minimum absolute atomic E-state index is 0.213. The van der Waals surface area contributed by atoms with Crippen LogP contribution in [0.5, 0.6) is 0 Å². The lowest BCUT2D eigenvalue weighted by atomic mass is 9.80. The SMILES string of the molecule is CCn1c(CCNc2cc(C3CC(O)C3)nc(N)n2)nc2ccccc21. The third-order valence-electron chi connectivity index (χ3n) is 5.00. The van der Waals surface area contributed by atoms with Crippen molar-refractivity contribution in [2.24, 2.45) is 0 Å². The maximum Gasteiger partial charge on any atom is 0.222 e. The molecule has 0 bridgehead atoms. The van der Waals surface area contributed by atoms with Crippen LogP contribution in [0.25, 0.3) is 11.0 Å². The number of aromatic nitrogens is 4. The summed E-state index contributed by atoms with van der Waals surface area (Å²) >= 11 is 0. The molecule has 0 radical (unpaired) electrons. The number of hydrogen-bond acceptors (Lipinski definition) is 6. The van der Waals surface area contributed by atoms with Crippen molar-refractivity contribution in [2.75, 3.05) is 17.6 Å². The first-order chi connectivity index (χ1) is 12.6. The summed E-state index contributed by atoms with van der Waals surface area (Å²) in [6.07, 6.45) is 2.08. The monoisotopic (exact) mass is 352 g/mol. The number of aliphatic hydroxyl groups is 1. The number of nitrogens with one attached hydrogen (secondary N) is 1. The second kappa shape index (κ2) is 6.92. The Morgan fingerprint density at radius 2 is 2.04 bits per heavy atom. The van der Waals surface area contributed by atoms with Gasteiger partial charge in [0.1, 0.15) is 11.6 Å². The quantitative estimate of drug-likeness (QED) is 0.629. The van der Waals surface area contributed by atoms with Crippen molar-refractivity contribution >= 4 is 22.8 Å². The van der Waals surface area contributed by atoms with Crippen molar-refractivity contribution in [3.8, 4) is 0 Å². The highest BCUT2D eigenvalue weighted by Gasteiger charge is 2.30. The third kappa shape index (κ3) is 3.22. The Morgan fingerprint density at radius 1 is 1.23 bits per heavy atom. The molecular weight excluding hydrogens is 328 g/mol. The number of hydrogen-bond donors (Lipinski definition) is 3. The lowest BCUT2D eigenvalue weighted by molar-refractivity contribution is 0.0732. The molecule has 0 amide bonds. The molecule has 3 aromatic rings. The Kier molecular flexibility index (Phi) is 4.46. The Bertz CT molecular complexity index is 916. The van der Waals surface area contributed by atoms with E-state index in [-0.39, 0.29) is 18.0 Å². The number of anilines is 2. The zero-order valence-corrected chi connectivity index (χ0v) is 14.9. The maximum atomic E-state index is 9.50. The van der Waals surface area contributed by atoms with Gasteiger partial charge in [-0.2, -0.15) is 4.98 Å². The maximum absolute atomic E-state index is 9.50. The van der Waals surface area contributed by atoms with Gasteiger partial charge in [0.15, 0.2) is 0 Å². The van der Waals surface area contributed by atoms with Crippen molar-refractivity contribution in [1.82, 2.24) is 19.5 Å². The molecule has 0 unspecified atom stereocenters. The number of para-hydroxylation sites is 2. The summed E-state index contributed by atoms with van der Waals surface area (Å²) in [6, 6.07) is 10.1. The van der Waals surface area contributed by atoms with Gasteiger partial charge in [-0.3, -0.25) is 0 Å². The fourth-order valence-corrected chi connectivity index (χ4v) is 3.59. The number of aryl methyl sites for hydroxylation is 1. The number of benzene rings is 1. The van der Waals surface area contributed by atoms with E-state index in [9.17, 15) is 5.11 Å². The van der Waals surface area contributed by atoms with Crippen molar-refractivity contribution in [3.63, 3.8) is 0 Å². The molecular formula is C19H24N6O. The van der Waals surface area contributed by atoms with Crippen LogP contribution < -0.4 is 11.1 Å². The molecule has 7 heteroatoms. The molecule has 1 aliphatic rings. The van der Waals surface area contributed by atoms with Crippen LogP contribution in [0.2, 0.25) is 0 Å². The number of imidazole rings is 1. The van der Waals surface area contributed by atoms with E-state index in [1.165, 1.54) is 5.52 Å². The molecule has 0 spiro atoms. The first-order valence-corrected chi connectivity index (χ1v) is 9.14. The summed E-state index contributed by atoms with van der Waals surface area (Å²) in [4.78, 5) is 13.3. The molecule has 2 aromatic heterocycles. The van der Waals surface area contributed by atoms with Crippen LogP contribution in [-0.2, 0) is 13.0 Å². The topological polar surface area (TPSA) is 102 Å². The first-order valence-electron chi connectivity index (χ1n) is 9.14. The minimum Gasteiger partial charge on any atom is -0.393 e. The molecule has 0 aliphatic heterocycles. The molecule has 26 heavy (non-hydrogen) atoms. The molecule has 1 aromatic carbocycles. The average molecular weight is 352 g/mol. The van der Waals surface area contributed by atoms with Crippen molar-refractivity contribution in [2.45, 2.75) is 44.8 Å². The van der Waals surface area contributed by atoms with Crippen molar-refractivity contribution in [1.29, 1.82) is 0 Å². The highest BCUT2D eigenvalue weighted by Crippen LogP contribution is 2.36. The van der Waals surface area contributed by atoms with Crippen LogP contribution in [-0.4, -0.2) is 37.3 Å². The Hall–Kier alpha value is -2.67. The molecule has 136 valence electrons. The molecule has 1 fully saturated rings. The van der Waals surface area contributed by atoms with E-state index < -0.39 is 0 Å². The molecule has 4 rings (SSSR count). The lowest BCUT2D eigenvalue weighted by Crippen LogP contribution is -2.27. The molecule has 2 heterocycles. The van der Waals surface area contributed by atoms with Crippen molar-refractivity contribution in [3.05, 3.63) is 41.9 Å². The van der Waals surface area contributed by atoms with E-state index in [0.717, 1.165) is 48.7 Å². The van der Waals surface area contributed by atoms with Crippen LogP contribution in [0, 0.1) is 0 Å². The van der Waals surface area contributed by atoms with Crippen LogP contribution in [0.15, 0.2) is 30.3 Å². The molecule has 1 saturated carbocycles. The average Bonchev–Trinajstić information content (AvgIpc) is 2.96. The number of nitrogens with two attached hydrogens (primary N) is 1. The minimum atomic E-state index is -0.213. The molecule has 1 aliphatic carbocycles. The normalized spacial score (nSPS) is 19.5. The van der Waals surface area contributed by atoms with Gasteiger partial charge in [-0.1, -0.05) is 12.1 Å². The first kappa shape index (κ1) is 16.8. The van der Waals surface area contributed by atoms with E-state index in [1.54, 1.807) is 0 Å². The highest BCUT2D eigenvalue weighted by molar-refractivity contribution is 5.75. The van der Waals surface area contributed by atoms with E-state index in [0.29, 0.717) is 6.54 Å².